The molecule has 0 radical (unpaired) electrons. The highest BCUT2D eigenvalue weighted by atomic mass is 79.9. The zero-order valence-corrected chi connectivity index (χ0v) is 12.3. The number of nitrogens with zero attached hydrogens (tertiary/aromatic N) is 2. The lowest BCUT2D eigenvalue weighted by Gasteiger charge is -2.33. The molecule has 0 aromatic rings. The van der Waals surface area contributed by atoms with E-state index in [0.717, 1.165) is 0 Å². The molecule has 1 fully saturated rings. The molecule has 6 nitrogen and oxygen atoms in total. The number of methoxy groups -OCH3 is 1. The second-order valence-corrected chi connectivity index (χ2v) is 7.04. The van der Waals surface area contributed by atoms with Crippen LogP contribution in [-0.2, 0) is 19.6 Å². The average molecular weight is 329 g/mol. The van der Waals surface area contributed by atoms with Crippen LogP contribution in [0.3, 0.4) is 0 Å². The highest BCUT2D eigenvalue weighted by molar-refractivity contribution is 9.10. The van der Waals surface area contributed by atoms with Crippen LogP contribution in [0.5, 0.6) is 0 Å². The molecule has 17 heavy (non-hydrogen) atoms. The summed E-state index contributed by atoms with van der Waals surface area (Å²) in [6.07, 6.45) is 1.21. The van der Waals surface area contributed by atoms with Crippen LogP contribution in [0.1, 0.15) is 0 Å². The third-order valence-electron chi connectivity index (χ3n) is 2.68. The van der Waals surface area contributed by atoms with Crippen molar-refractivity contribution in [2.45, 2.75) is 4.83 Å². The van der Waals surface area contributed by atoms with E-state index in [9.17, 15) is 13.2 Å². The highest BCUT2D eigenvalue weighted by Gasteiger charge is 2.26. The Morgan fingerprint density at radius 2 is 1.88 bits per heavy atom. The Bertz CT molecular complexity index is 365. The first-order valence-electron chi connectivity index (χ1n) is 5.24. The average Bonchev–Trinajstić information content (AvgIpc) is 2.27. The lowest BCUT2D eigenvalue weighted by Crippen LogP contribution is -2.50. The minimum absolute atomic E-state index is 0.310. The molecule has 1 unspecified atom stereocenters. The molecule has 100 valence electrons. The SMILES string of the molecule is COC(=O)C(Br)CN1CCN(S(C)(=O)=O)CC1. The van der Waals surface area contributed by atoms with Crippen LogP contribution in [-0.4, -0.2) is 74.5 Å². The maximum absolute atomic E-state index is 11.3. The molecule has 1 rings (SSSR count). The minimum Gasteiger partial charge on any atom is -0.468 e. The van der Waals surface area contributed by atoms with Gasteiger partial charge in [0.05, 0.1) is 13.4 Å². The summed E-state index contributed by atoms with van der Waals surface area (Å²) in [5, 5.41) is 0. The van der Waals surface area contributed by atoms with Crippen LogP contribution in [0.15, 0.2) is 0 Å². The van der Waals surface area contributed by atoms with Crippen LogP contribution in [0.2, 0.25) is 0 Å². The standard InChI is InChI=1S/C9H17BrN2O4S/c1-16-9(13)8(10)7-11-3-5-12(6-4-11)17(2,14)15/h8H,3-7H2,1-2H3. The summed E-state index contributed by atoms with van der Waals surface area (Å²) in [7, 11) is -1.75. The van der Waals surface area contributed by atoms with Gasteiger partial charge in [0.25, 0.3) is 0 Å². The molecule has 0 aromatic carbocycles. The molecule has 8 heteroatoms. The summed E-state index contributed by atoms with van der Waals surface area (Å²) in [6.45, 7) is 2.74. The van der Waals surface area contributed by atoms with Gasteiger partial charge in [-0.25, -0.2) is 8.42 Å². The maximum Gasteiger partial charge on any atom is 0.320 e. The van der Waals surface area contributed by atoms with E-state index >= 15 is 0 Å². The second kappa shape index (κ2) is 6.12. The molecule has 0 aliphatic carbocycles. The Labute approximate surface area is 110 Å². The fraction of sp³-hybridized carbons (Fsp3) is 0.889. The van der Waals surface area contributed by atoms with Crippen molar-refractivity contribution in [3.05, 3.63) is 0 Å². The number of esters is 1. The summed E-state index contributed by atoms with van der Waals surface area (Å²) >= 11 is 3.25. The van der Waals surface area contributed by atoms with Crippen LogP contribution < -0.4 is 0 Å². The first kappa shape index (κ1) is 14.9. The molecular weight excluding hydrogens is 312 g/mol. The molecule has 0 N–H and O–H groups in total. The normalized spacial score (nSPS) is 21.1. The molecule has 0 amide bonds. The molecule has 1 aliphatic heterocycles. The lowest BCUT2D eigenvalue weighted by atomic mass is 10.3. The number of hydrogen-bond donors (Lipinski definition) is 0. The van der Waals surface area contributed by atoms with Crippen molar-refractivity contribution < 1.29 is 17.9 Å². The van der Waals surface area contributed by atoms with E-state index in [4.69, 9.17) is 0 Å². The van der Waals surface area contributed by atoms with Crippen molar-refractivity contribution in [2.24, 2.45) is 0 Å². The Kier molecular flexibility index (Phi) is 5.36. The van der Waals surface area contributed by atoms with Gasteiger partial charge in [-0.05, 0) is 0 Å². The predicted molar refractivity (Wildman–Crippen MR) is 67.6 cm³/mol. The maximum atomic E-state index is 11.3. The molecule has 1 aliphatic rings. The quantitative estimate of drug-likeness (QED) is 0.514. The number of rotatable bonds is 4. The number of halogens is 1. The van der Waals surface area contributed by atoms with E-state index in [1.54, 1.807) is 0 Å². The monoisotopic (exact) mass is 328 g/mol. The first-order valence-corrected chi connectivity index (χ1v) is 8.00. The molecular formula is C9H17BrN2O4S. The van der Waals surface area contributed by atoms with Crippen LogP contribution in [0.4, 0.5) is 0 Å². The van der Waals surface area contributed by atoms with E-state index in [-0.39, 0.29) is 10.8 Å². The molecule has 0 spiro atoms. The summed E-state index contributed by atoms with van der Waals surface area (Å²) in [5.41, 5.74) is 0. The Balaban J connectivity index is 2.40. The van der Waals surface area contributed by atoms with Gasteiger partial charge < -0.3 is 4.74 Å². The third kappa shape index (κ3) is 4.53. The van der Waals surface area contributed by atoms with Crippen LogP contribution in [0, 0.1) is 0 Å². The second-order valence-electron chi connectivity index (χ2n) is 3.95. The van der Waals surface area contributed by atoms with Gasteiger partial charge in [0.15, 0.2) is 0 Å². The van der Waals surface area contributed by atoms with E-state index in [2.05, 4.69) is 20.7 Å². The van der Waals surface area contributed by atoms with Crippen LogP contribution >= 0.6 is 15.9 Å². The largest absolute Gasteiger partial charge is 0.468 e. The lowest BCUT2D eigenvalue weighted by molar-refractivity contribution is -0.140. The van der Waals surface area contributed by atoms with Crippen LogP contribution in [0.25, 0.3) is 0 Å². The number of ether oxygens (including phenoxy) is 1. The summed E-state index contributed by atoms with van der Waals surface area (Å²) in [6, 6.07) is 0. The van der Waals surface area contributed by atoms with Gasteiger partial charge in [0.1, 0.15) is 4.83 Å². The summed E-state index contributed by atoms with van der Waals surface area (Å²) < 4.78 is 28.6. The summed E-state index contributed by atoms with van der Waals surface area (Å²) in [4.78, 5) is 12.9. The number of carbonyl (C=O) groups is 1. The number of piperazine rings is 1. The molecule has 1 heterocycles. The number of carbonyl (C=O) groups excluding carboxylic acids is 1. The zero-order valence-electron chi connectivity index (χ0n) is 9.93. The number of hydrogen-bond acceptors (Lipinski definition) is 5. The molecule has 0 bridgehead atoms. The smallest absolute Gasteiger partial charge is 0.320 e. The molecule has 1 atom stereocenters. The van der Waals surface area contributed by atoms with Crippen molar-refractivity contribution in [3.63, 3.8) is 0 Å². The van der Waals surface area contributed by atoms with Crippen molar-refractivity contribution >= 4 is 31.9 Å². The van der Waals surface area contributed by atoms with E-state index in [0.29, 0.717) is 32.7 Å². The zero-order chi connectivity index (χ0) is 13.1. The Morgan fingerprint density at radius 1 is 1.35 bits per heavy atom. The minimum atomic E-state index is -3.10. The topological polar surface area (TPSA) is 66.9 Å². The Morgan fingerprint density at radius 3 is 2.29 bits per heavy atom. The van der Waals surface area contributed by atoms with E-state index < -0.39 is 10.0 Å². The van der Waals surface area contributed by atoms with Gasteiger partial charge in [-0.1, -0.05) is 15.9 Å². The van der Waals surface area contributed by atoms with Gasteiger partial charge >= 0.3 is 5.97 Å². The molecule has 0 aromatic heterocycles. The molecule has 1 saturated heterocycles. The van der Waals surface area contributed by atoms with E-state index in [1.807, 2.05) is 4.90 Å². The third-order valence-corrected chi connectivity index (χ3v) is 4.64. The molecule has 0 saturated carbocycles. The van der Waals surface area contributed by atoms with Crippen molar-refractivity contribution in [2.75, 3.05) is 46.1 Å². The van der Waals surface area contributed by atoms with Gasteiger partial charge in [0.2, 0.25) is 10.0 Å². The van der Waals surface area contributed by atoms with Crippen molar-refractivity contribution in [3.8, 4) is 0 Å². The highest BCUT2D eigenvalue weighted by Crippen LogP contribution is 2.10. The van der Waals surface area contributed by atoms with Crippen molar-refractivity contribution in [1.29, 1.82) is 0 Å². The van der Waals surface area contributed by atoms with Gasteiger partial charge in [-0.3, -0.25) is 9.69 Å². The van der Waals surface area contributed by atoms with Gasteiger partial charge in [0, 0.05) is 32.7 Å². The van der Waals surface area contributed by atoms with Gasteiger partial charge in [-0.2, -0.15) is 4.31 Å². The summed E-state index contributed by atoms with van der Waals surface area (Å²) in [5.74, 6) is -0.310. The fourth-order valence-corrected chi connectivity index (χ4v) is 3.10. The first-order chi connectivity index (χ1) is 7.84. The predicted octanol–water partition coefficient (Wildman–Crippen LogP) is -0.500. The van der Waals surface area contributed by atoms with Gasteiger partial charge in [-0.15, -0.1) is 0 Å². The van der Waals surface area contributed by atoms with E-state index in [1.165, 1.54) is 17.7 Å². The number of sulfonamides is 1. The Hall–Kier alpha value is -0.180. The number of alkyl halides is 1. The van der Waals surface area contributed by atoms with Crippen molar-refractivity contribution in [1.82, 2.24) is 9.21 Å². The fourth-order valence-electron chi connectivity index (χ4n) is 1.67.